The van der Waals surface area contributed by atoms with E-state index in [9.17, 15) is 62.6 Å². The highest BCUT2D eigenvalue weighted by molar-refractivity contribution is 5.99. The van der Waals surface area contributed by atoms with E-state index in [-0.39, 0.29) is 43.8 Å². The highest BCUT2D eigenvalue weighted by Crippen LogP contribution is 2.24. The average Bonchev–Trinajstić information content (AvgIpc) is 3.69. The lowest BCUT2D eigenvalue weighted by atomic mass is 9.91. The fourth-order valence-electron chi connectivity index (χ4n) is 8.02. The minimum atomic E-state index is -1.77. The third-order valence-corrected chi connectivity index (χ3v) is 12.1. The van der Waals surface area contributed by atoms with E-state index in [1.165, 1.54) is 24.3 Å². The van der Waals surface area contributed by atoms with Crippen LogP contribution in [0.4, 0.5) is 4.39 Å². The van der Waals surface area contributed by atoms with Gasteiger partial charge in [0, 0.05) is 51.4 Å². The number of carbonyl (C=O) groups excluding carboxylic acids is 12. The van der Waals surface area contributed by atoms with Crippen LogP contribution in [0.1, 0.15) is 104 Å². The highest BCUT2D eigenvalue weighted by Gasteiger charge is 2.44. The molecule has 2 heterocycles. The second-order valence-corrected chi connectivity index (χ2v) is 18.3. The predicted molar refractivity (Wildman–Crippen MR) is 246 cm³/mol. The van der Waals surface area contributed by atoms with E-state index in [1.54, 1.807) is 27.7 Å². The number of alkyl halides is 1. The zero-order valence-electron chi connectivity index (χ0n) is 39.9. The molecular formula is C46H67FN10O13. The largest absolute Gasteiger partial charge is 0.508 e. The zero-order chi connectivity index (χ0) is 52.4. The van der Waals surface area contributed by atoms with Gasteiger partial charge in [-0.2, -0.15) is 0 Å². The molecule has 0 radical (unpaired) electrons. The molecular weight excluding hydrogens is 920 g/mol. The second-order valence-electron chi connectivity index (χ2n) is 18.3. The summed E-state index contributed by atoms with van der Waals surface area (Å²) in [6, 6.07) is -3.03. The van der Waals surface area contributed by atoms with Gasteiger partial charge in [0.1, 0.15) is 36.1 Å². The number of hydrogen-bond acceptors (Lipinski definition) is 13. The molecule has 2 fully saturated rings. The summed E-state index contributed by atoms with van der Waals surface area (Å²) in [6.07, 6.45) is -6.22. The molecule has 2 aliphatic rings. The smallest absolute Gasteiger partial charge is 0.245 e. The van der Waals surface area contributed by atoms with Crippen LogP contribution in [0, 0.1) is 17.8 Å². The minimum absolute atomic E-state index is 0.0787. The number of Topliss-reactive ketones (excluding diaryl/α,β-unsaturated/α-hetero) is 2. The van der Waals surface area contributed by atoms with Gasteiger partial charge in [0.25, 0.3) is 0 Å². The number of nitrogens with zero attached hydrogens (tertiary/aromatic N) is 1. The summed E-state index contributed by atoms with van der Waals surface area (Å²) in [7, 11) is 0. The van der Waals surface area contributed by atoms with Gasteiger partial charge in [-0.1, -0.05) is 46.2 Å². The summed E-state index contributed by atoms with van der Waals surface area (Å²) in [5, 5.41) is 24.9. The summed E-state index contributed by atoms with van der Waals surface area (Å²) in [4.78, 5) is 161. The molecule has 0 aliphatic carbocycles. The van der Waals surface area contributed by atoms with Crippen molar-refractivity contribution in [2.45, 2.75) is 147 Å². The van der Waals surface area contributed by atoms with E-state index in [0.717, 1.165) is 4.90 Å². The van der Waals surface area contributed by atoms with Gasteiger partial charge in [0.05, 0.1) is 31.1 Å². The molecule has 0 unspecified atom stereocenters. The number of carbonyl (C=O) groups is 12. The van der Waals surface area contributed by atoms with Gasteiger partial charge < -0.3 is 59.1 Å². The monoisotopic (exact) mass is 986 g/mol. The number of halogens is 1. The molecule has 0 spiro atoms. The standard InChI is InChI=1S/C46H67FN10O13/c1-5-24(4)41-45(69)53-29(10-13-36(48)61)35(60)18-26(19-38(50)63)42(66)54-30(11-15-39(64)51-21-40(65)52-32(43(67)56-41)17-25-6-8-28(58)9-7-25)46(70)57-22-27(47)20-33(57)44(68)55-31(16-23(2)3)34(59)12-14-37(49)62/h6-9,23-24,26-27,29-33,41,58H,5,10-22H2,1-4H3,(H2,48,61)(H2,49,62)(H2,50,63)(H,51,64)(H,52,65)(H,53,69)(H,54,66)(H,55,68)(H,56,67)/t24-,26-,27+,29-,30-,31-,32-,33-,41-/m0/s1. The van der Waals surface area contributed by atoms with Crippen LogP contribution in [-0.4, -0.2) is 136 Å². The Balaban J connectivity index is 2.08. The number of aromatic hydroxyl groups is 1. The Hall–Kier alpha value is -7.01. The second kappa shape index (κ2) is 27.2. The fourth-order valence-corrected chi connectivity index (χ4v) is 8.02. The van der Waals surface area contributed by atoms with Crippen LogP contribution in [-0.2, 0) is 64.0 Å². The average molecular weight is 987 g/mol. The van der Waals surface area contributed by atoms with Crippen molar-refractivity contribution in [2.75, 3.05) is 13.1 Å². The number of phenols is 1. The molecule has 23 nitrogen and oxygen atoms in total. The van der Waals surface area contributed by atoms with Crippen LogP contribution >= 0.6 is 0 Å². The third-order valence-electron chi connectivity index (χ3n) is 12.1. The van der Waals surface area contributed by atoms with Gasteiger partial charge in [-0.3, -0.25) is 57.5 Å². The molecule has 24 heteroatoms. The summed E-state index contributed by atoms with van der Waals surface area (Å²) >= 11 is 0. The molecule has 0 saturated carbocycles. The number of phenolic OH excluding ortho intramolecular Hbond substituents is 1. The Bertz CT molecular complexity index is 2120. The van der Waals surface area contributed by atoms with Crippen molar-refractivity contribution >= 4 is 70.6 Å². The normalized spacial score (nSPS) is 24.2. The number of likely N-dealkylation sites (tertiary alicyclic amines) is 1. The molecule has 1 aromatic rings. The zero-order valence-corrected chi connectivity index (χ0v) is 39.9. The van der Waals surface area contributed by atoms with E-state index >= 15 is 4.39 Å². The summed E-state index contributed by atoms with van der Waals surface area (Å²) in [5.41, 5.74) is 16.6. The predicted octanol–water partition coefficient (Wildman–Crippen LogP) is -2.15. The van der Waals surface area contributed by atoms with Gasteiger partial charge >= 0.3 is 0 Å². The van der Waals surface area contributed by atoms with Crippen LogP contribution in [0.5, 0.6) is 5.75 Å². The maximum atomic E-state index is 15.3. The number of primary amides is 3. The van der Waals surface area contributed by atoms with Crippen LogP contribution in [0.3, 0.4) is 0 Å². The molecule has 2 saturated heterocycles. The van der Waals surface area contributed by atoms with Gasteiger partial charge in [-0.15, -0.1) is 0 Å². The number of ketones is 2. The molecule has 0 aromatic heterocycles. The van der Waals surface area contributed by atoms with E-state index in [0.29, 0.717) is 12.0 Å². The van der Waals surface area contributed by atoms with Crippen molar-refractivity contribution in [3.63, 3.8) is 0 Å². The molecule has 9 atom stereocenters. The Morgan fingerprint density at radius 2 is 1.47 bits per heavy atom. The molecule has 1 aromatic carbocycles. The number of nitrogens with two attached hydrogens (primary N) is 3. The number of amides is 10. The van der Waals surface area contributed by atoms with Gasteiger partial charge in [-0.05, 0) is 48.8 Å². The first-order chi connectivity index (χ1) is 32.9. The van der Waals surface area contributed by atoms with Gasteiger partial charge in [0.2, 0.25) is 59.1 Å². The van der Waals surface area contributed by atoms with E-state index in [1.807, 2.05) is 0 Å². The lowest BCUT2D eigenvalue weighted by Gasteiger charge is -2.31. The summed E-state index contributed by atoms with van der Waals surface area (Å²) in [5.74, 6) is -13.2. The maximum absolute atomic E-state index is 15.3. The third kappa shape index (κ3) is 18.5. The van der Waals surface area contributed by atoms with Crippen LogP contribution in [0.2, 0.25) is 0 Å². The summed E-state index contributed by atoms with van der Waals surface area (Å²) < 4.78 is 15.3. The summed E-state index contributed by atoms with van der Waals surface area (Å²) in [6.45, 7) is 5.51. The molecule has 70 heavy (non-hydrogen) atoms. The number of nitrogens with one attached hydrogen (secondary N) is 6. The number of benzene rings is 1. The van der Waals surface area contributed by atoms with Gasteiger partial charge in [-0.25, -0.2) is 4.39 Å². The number of hydrogen-bond donors (Lipinski definition) is 10. The maximum Gasteiger partial charge on any atom is 0.245 e. The molecule has 386 valence electrons. The SMILES string of the molecule is CC[C@H](C)[C@@H]1NC(=O)[C@H](Cc2ccc(O)cc2)NC(=O)CNC(=O)CC[C@@H](C(=O)N2C[C@H](F)C[C@H]2C(=O)N[C@@H](CC(C)C)C(=O)CCC(N)=O)NC(=O)[C@H](CC(N)=O)CC(=O)[C@H](CCC(N)=O)NC1=O. The molecule has 10 amide bonds. The van der Waals surface area contributed by atoms with Crippen LogP contribution < -0.4 is 49.1 Å². The van der Waals surface area contributed by atoms with Crippen molar-refractivity contribution < 1.29 is 67.0 Å². The Kier molecular flexibility index (Phi) is 22.3. The van der Waals surface area contributed by atoms with Crippen LogP contribution in [0.15, 0.2) is 24.3 Å². The first-order valence-electron chi connectivity index (χ1n) is 23.3. The molecule has 13 N–H and O–H groups in total. The van der Waals surface area contributed by atoms with E-state index in [2.05, 4.69) is 31.9 Å². The Morgan fingerprint density at radius 1 is 0.814 bits per heavy atom. The van der Waals surface area contributed by atoms with E-state index < -0.39 is 177 Å². The van der Waals surface area contributed by atoms with Crippen molar-refractivity contribution in [3.8, 4) is 5.75 Å². The first-order valence-corrected chi connectivity index (χ1v) is 23.3. The molecule has 3 rings (SSSR count). The topological polar surface area (TPSA) is 379 Å². The van der Waals surface area contributed by atoms with Crippen LogP contribution in [0.25, 0.3) is 0 Å². The lowest BCUT2D eigenvalue weighted by Crippen LogP contribution is -2.59. The van der Waals surface area contributed by atoms with Crippen molar-refractivity contribution in [2.24, 2.45) is 35.0 Å². The van der Waals surface area contributed by atoms with Crippen molar-refractivity contribution in [3.05, 3.63) is 29.8 Å². The lowest BCUT2D eigenvalue weighted by molar-refractivity contribution is -0.143. The van der Waals surface area contributed by atoms with Crippen molar-refractivity contribution in [1.82, 2.24) is 36.8 Å². The fraction of sp³-hybridized carbons (Fsp3) is 0.609. The molecule has 0 bridgehead atoms. The Labute approximate surface area is 404 Å². The minimum Gasteiger partial charge on any atom is -0.508 e. The highest BCUT2D eigenvalue weighted by atomic mass is 19.1. The van der Waals surface area contributed by atoms with Crippen molar-refractivity contribution in [1.29, 1.82) is 0 Å². The Morgan fingerprint density at radius 3 is 2.07 bits per heavy atom. The number of rotatable bonds is 18. The van der Waals surface area contributed by atoms with E-state index in [4.69, 9.17) is 17.2 Å². The molecule has 2 aliphatic heterocycles. The quantitative estimate of drug-likeness (QED) is 0.0751. The van der Waals surface area contributed by atoms with Gasteiger partial charge in [0.15, 0.2) is 11.6 Å². The first kappa shape index (κ1) is 57.3.